The van der Waals surface area contributed by atoms with E-state index in [1.165, 1.54) is 0 Å². The van der Waals surface area contributed by atoms with Gasteiger partial charge < -0.3 is 16.0 Å². The Morgan fingerprint density at radius 2 is 1.56 bits per heavy atom. The summed E-state index contributed by atoms with van der Waals surface area (Å²) in [4.78, 5) is 17.6. The van der Waals surface area contributed by atoms with Gasteiger partial charge in [0.05, 0.1) is 17.1 Å². The van der Waals surface area contributed by atoms with Gasteiger partial charge in [0.25, 0.3) is 5.91 Å². The van der Waals surface area contributed by atoms with E-state index in [1.54, 1.807) is 12.3 Å². The normalized spacial score (nSPS) is 10.4. The van der Waals surface area contributed by atoms with E-state index in [9.17, 15) is 10.1 Å². The van der Waals surface area contributed by atoms with E-state index in [1.807, 2.05) is 97.9 Å². The van der Waals surface area contributed by atoms with Gasteiger partial charge in [0.1, 0.15) is 0 Å². The molecule has 0 unspecified atom stereocenters. The second-order valence-corrected chi connectivity index (χ2v) is 8.38. The van der Waals surface area contributed by atoms with Crippen LogP contribution in [0.15, 0.2) is 103 Å². The average Bonchev–Trinajstić information content (AvgIpc) is 2.90. The third kappa shape index (κ3) is 5.01. The molecule has 0 radical (unpaired) electrons. The fourth-order valence-corrected chi connectivity index (χ4v) is 3.99. The monoisotopic (exact) mass is 469 g/mol. The molecule has 0 bridgehead atoms. The minimum atomic E-state index is -0.195. The number of hydrogen-bond acceptors (Lipinski definition) is 5. The number of nitrogens with zero attached hydrogens (tertiary/aromatic N) is 2. The number of para-hydroxylation sites is 1. The second kappa shape index (κ2) is 10.00. The SMILES string of the molecule is Cc1ccc(Nc2ccnc3ccc(C#N)cc23)cc1C(=O)Nc1cccc(Nc2ccccc2)c1. The van der Waals surface area contributed by atoms with Gasteiger partial charge in [0.15, 0.2) is 0 Å². The van der Waals surface area contributed by atoms with Crippen LogP contribution in [-0.2, 0) is 0 Å². The zero-order valence-electron chi connectivity index (χ0n) is 19.6. The van der Waals surface area contributed by atoms with Crippen LogP contribution in [0.1, 0.15) is 21.5 Å². The number of pyridine rings is 1. The first-order valence-corrected chi connectivity index (χ1v) is 11.5. The Morgan fingerprint density at radius 1 is 0.778 bits per heavy atom. The van der Waals surface area contributed by atoms with Gasteiger partial charge in [-0.3, -0.25) is 9.78 Å². The summed E-state index contributed by atoms with van der Waals surface area (Å²) in [6.45, 7) is 1.91. The van der Waals surface area contributed by atoms with E-state index in [0.29, 0.717) is 16.8 Å². The van der Waals surface area contributed by atoms with Crippen LogP contribution in [-0.4, -0.2) is 10.9 Å². The molecule has 0 spiro atoms. The molecule has 1 heterocycles. The fraction of sp³-hybridized carbons (Fsp3) is 0.0333. The highest BCUT2D eigenvalue weighted by molar-refractivity contribution is 6.06. The Bertz CT molecular complexity index is 1610. The van der Waals surface area contributed by atoms with Gasteiger partial charge in [-0.2, -0.15) is 5.26 Å². The summed E-state index contributed by atoms with van der Waals surface area (Å²) in [5, 5.41) is 19.8. The summed E-state index contributed by atoms with van der Waals surface area (Å²) in [6.07, 6.45) is 1.72. The Hall–Kier alpha value is -5.15. The van der Waals surface area contributed by atoms with E-state index in [0.717, 1.165) is 39.2 Å². The number of benzene rings is 4. The average molecular weight is 470 g/mol. The maximum absolute atomic E-state index is 13.2. The van der Waals surface area contributed by atoms with Gasteiger partial charge >= 0.3 is 0 Å². The minimum Gasteiger partial charge on any atom is -0.355 e. The van der Waals surface area contributed by atoms with E-state index in [-0.39, 0.29) is 5.91 Å². The van der Waals surface area contributed by atoms with Gasteiger partial charge in [-0.15, -0.1) is 0 Å². The number of anilines is 5. The summed E-state index contributed by atoms with van der Waals surface area (Å²) in [6, 6.07) is 32.6. The van der Waals surface area contributed by atoms with Crippen molar-refractivity contribution in [3.8, 4) is 6.07 Å². The predicted molar refractivity (Wildman–Crippen MR) is 145 cm³/mol. The number of carbonyl (C=O) groups is 1. The summed E-state index contributed by atoms with van der Waals surface area (Å²) < 4.78 is 0. The number of nitrogens with one attached hydrogen (secondary N) is 3. The number of carbonyl (C=O) groups excluding carboxylic acids is 1. The van der Waals surface area contributed by atoms with Crippen molar-refractivity contribution in [3.05, 3.63) is 120 Å². The molecule has 1 aromatic heterocycles. The lowest BCUT2D eigenvalue weighted by atomic mass is 10.1. The first-order chi connectivity index (χ1) is 17.6. The number of aryl methyl sites for hydroxylation is 1. The van der Waals surface area contributed by atoms with Crippen molar-refractivity contribution in [1.82, 2.24) is 4.98 Å². The Labute approximate surface area is 209 Å². The zero-order chi connectivity index (χ0) is 24.9. The molecule has 174 valence electrons. The smallest absolute Gasteiger partial charge is 0.256 e. The summed E-state index contributed by atoms with van der Waals surface area (Å²) >= 11 is 0. The summed E-state index contributed by atoms with van der Waals surface area (Å²) in [7, 11) is 0. The molecule has 6 heteroatoms. The number of amides is 1. The number of fused-ring (bicyclic) bond motifs is 1. The molecule has 0 aliphatic heterocycles. The summed E-state index contributed by atoms with van der Waals surface area (Å²) in [5.74, 6) is -0.195. The Balaban J connectivity index is 1.37. The van der Waals surface area contributed by atoms with Gasteiger partial charge in [-0.1, -0.05) is 30.3 Å². The largest absolute Gasteiger partial charge is 0.355 e. The van der Waals surface area contributed by atoms with Crippen LogP contribution in [0.4, 0.5) is 28.4 Å². The molecular formula is C30H23N5O. The summed E-state index contributed by atoms with van der Waals surface area (Å²) in [5.41, 5.74) is 6.91. The van der Waals surface area contributed by atoms with Gasteiger partial charge in [0, 0.05) is 45.6 Å². The van der Waals surface area contributed by atoms with Crippen molar-refractivity contribution < 1.29 is 4.79 Å². The number of aromatic nitrogens is 1. The molecule has 4 aromatic carbocycles. The van der Waals surface area contributed by atoms with Gasteiger partial charge in [-0.25, -0.2) is 0 Å². The molecular weight excluding hydrogens is 446 g/mol. The van der Waals surface area contributed by atoms with E-state index in [2.05, 4.69) is 27.0 Å². The first kappa shape index (κ1) is 22.6. The molecule has 6 nitrogen and oxygen atoms in total. The molecule has 0 aliphatic carbocycles. The van der Waals surface area contributed by atoms with Crippen molar-refractivity contribution in [2.45, 2.75) is 6.92 Å². The third-order valence-corrected chi connectivity index (χ3v) is 5.81. The molecule has 1 amide bonds. The van der Waals surface area contributed by atoms with E-state index in [4.69, 9.17) is 0 Å². The Morgan fingerprint density at radius 3 is 2.39 bits per heavy atom. The molecule has 0 saturated carbocycles. The second-order valence-electron chi connectivity index (χ2n) is 8.38. The molecule has 3 N–H and O–H groups in total. The molecule has 0 fully saturated rings. The van der Waals surface area contributed by atoms with Crippen LogP contribution in [0.25, 0.3) is 10.9 Å². The molecule has 5 aromatic rings. The quantitative estimate of drug-likeness (QED) is 0.246. The lowest BCUT2D eigenvalue weighted by molar-refractivity contribution is 0.102. The van der Waals surface area contributed by atoms with Crippen molar-refractivity contribution in [2.75, 3.05) is 16.0 Å². The van der Waals surface area contributed by atoms with Crippen LogP contribution in [0.3, 0.4) is 0 Å². The lowest BCUT2D eigenvalue weighted by Gasteiger charge is -2.14. The van der Waals surface area contributed by atoms with Crippen LogP contribution in [0.2, 0.25) is 0 Å². The number of nitriles is 1. The highest BCUT2D eigenvalue weighted by Gasteiger charge is 2.12. The van der Waals surface area contributed by atoms with Gasteiger partial charge in [-0.05, 0) is 79.2 Å². The first-order valence-electron chi connectivity index (χ1n) is 11.5. The standard InChI is InChI=1S/C30H23N5O/c1-20-10-12-25(34-29-14-15-32-28-13-11-21(19-31)16-27(28)29)18-26(20)30(36)35-24-9-5-8-23(17-24)33-22-6-3-2-4-7-22/h2-18,33H,1H3,(H,32,34)(H,35,36). The number of hydrogen-bond donors (Lipinski definition) is 3. The van der Waals surface area contributed by atoms with Crippen molar-refractivity contribution in [3.63, 3.8) is 0 Å². The molecule has 0 aliphatic rings. The fourth-order valence-electron chi connectivity index (χ4n) is 3.99. The Kier molecular flexibility index (Phi) is 6.29. The molecule has 0 saturated heterocycles. The van der Waals surface area contributed by atoms with Crippen molar-refractivity contribution in [1.29, 1.82) is 5.26 Å². The van der Waals surface area contributed by atoms with Crippen LogP contribution < -0.4 is 16.0 Å². The molecule has 36 heavy (non-hydrogen) atoms. The van der Waals surface area contributed by atoms with Crippen molar-refractivity contribution in [2.24, 2.45) is 0 Å². The highest BCUT2D eigenvalue weighted by Crippen LogP contribution is 2.28. The van der Waals surface area contributed by atoms with Crippen LogP contribution in [0, 0.1) is 18.3 Å². The molecule has 0 atom stereocenters. The zero-order valence-corrected chi connectivity index (χ0v) is 19.6. The van der Waals surface area contributed by atoms with E-state index < -0.39 is 0 Å². The minimum absolute atomic E-state index is 0.195. The number of rotatable bonds is 6. The van der Waals surface area contributed by atoms with Gasteiger partial charge in [0.2, 0.25) is 0 Å². The predicted octanol–water partition coefficient (Wildman–Crippen LogP) is 7.15. The third-order valence-electron chi connectivity index (χ3n) is 5.81. The molecule has 5 rings (SSSR count). The maximum Gasteiger partial charge on any atom is 0.256 e. The topological polar surface area (TPSA) is 89.8 Å². The maximum atomic E-state index is 13.2. The van der Waals surface area contributed by atoms with E-state index >= 15 is 0 Å². The lowest BCUT2D eigenvalue weighted by Crippen LogP contribution is -2.13. The van der Waals surface area contributed by atoms with Crippen LogP contribution >= 0.6 is 0 Å². The van der Waals surface area contributed by atoms with Crippen LogP contribution in [0.5, 0.6) is 0 Å². The van der Waals surface area contributed by atoms with Crippen molar-refractivity contribution >= 4 is 45.2 Å². The highest BCUT2D eigenvalue weighted by atomic mass is 16.1.